The lowest BCUT2D eigenvalue weighted by atomic mass is 10.3. The molecule has 1 N–H and O–H groups in total. The Morgan fingerprint density at radius 2 is 2.20 bits per heavy atom. The van der Waals surface area contributed by atoms with E-state index in [0.717, 1.165) is 5.69 Å². The molecule has 6 heteroatoms. The molecule has 74 valence electrons. The number of nitrogens with zero attached hydrogens (tertiary/aromatic N) is 4. The van der Waals surface area contributed by atoms with Gasteiger partial charge >= 0.3 is 0 Å². The van der Waals surface area contributed by atoms with Crippen LogP contribution in [0.4, 0.5) is 4.39 Å². The van der Waals surface area contributed by atoms with E-state index < -0.39 is 0 Å². The van der Waals surface area contributed by atoms with Gasteiger partial charge in [-0.25, -0.2) is 9.37 Å². The van der Waals surface area contributed by atoms with E-state index in [1.54, 1.807) is 12.1 Å². The molecule has 3 heterocycles. The van der Waals surface area contributed by atoms with Crippen LogP contribution in [0.15, 0.2) is 30.7 Å². The number of aromatic nitrogens is 5. The van der Waals surface area contributed by atoms with Crippen molar-refractivity contribution >= 4 is 5.65 Å². The lowest BCUT2D eigenvalue weighted by Gasteiger charge is -1.94. The van der Waals surface area contributed by atoms with Gasteiger partial charge in [0.2, 0.25) is 0 Å². The number of aromatic amines is 1. The zero-order chi connectivity index (χ0) is 10.3. The van der Waals surface area contributed by atoms with Gasteiger partial charge in [-0.05, 0) is 12.1 Å². The number of fused-ring (bicyclic) bond motifs is 1. The van der Waals surface area contributed by atoms with Gasteiger partial charge in [0.05, 0.1) is 17.6 Å². The van der Waals surface area contributed by atoms with E-state index in [0.29, 0.717) is 11.3 Å². The fourth-order valence-electron chi connectivity index (χ4n) is 1.38. The lowest BCUT2D eigenvalue weighted by Crippen LogP contribution is -1.88. The van der Waals surface area contributed by atoms with Crippen LogP contribution < -0.4 is 0 Å². The Balaban J connectivity index is 2.13. The molecule has 3 aromatic heterocycles. The van der Waals surface area contributed by atoms with Crippen LogP contribution in [0.1, 0.15) is 0 Å². The van der Waals surface area contributed by atoms with Gasteiger partial charge in [0, 0.05) is 6.07 Å². The summed E-state index contributed by atoms with van der Waals surface area (Å²) in [6.07, 6.45) is 2.63. The Morgan fingerprint density at radius 1 is 1.27 bits per heavy atom. The van der Waals surface area contributed by atoms with E-state index in [-0.39, 0.29) is 5.82 Å². The molecule has 3 aromatic rings. The van der Waals surface area contributed by atoms with Crippen LogP contribution in [0.2, 0.25) is 0 Å². The molecule has 0 atom stereocenters. The molecule has 0 aromatic carbocycles. The summed E-state index contributed by atoms with van der Waals surface area (Å²) in [6.45, 7) is 0. The first-order valence-corrected chi connectivity index (χ1v) is 4.33. The molecule has 0 aliphatic rings. The molecule has 0 saturated heterocycles. The van der Waals surface area contributed by atoms with Crippen molar-refractivity contribution in [1.29, 1.82) is 0 Å². The molecule has 0 bridgehead atoms. The Hall–Kier alpha value is -2.24. The molecular weight excluding hydrogens is 197 g/mol. The first-order valence-electron chi connectivity index (χ1n) is 4.33. The maximum absolute atomic E-state index is 12.6. The van der Waals surface area contributed by atoms with Crippen molar-refractivity contribution < 1.29 is 4.39 Å². The quantitative estimate of drug-likeness (QED) is 0.647. The number of rotatable bonds is 1. The van der Waals surface area contributed by atoms with E-state index in [4.69, 9.17) is 0 Å². The summed E-state index contributed by atoms with van der Waals surface area (Å²) in [5.41, 5.74) is 2.12. The lowest BCUT2D eigenvalue weighted by molar-refractivity contribution is 0.621. The Morgan fingerprint density at radius 3 is 2.93 bits per heavy atom. The number of pyridine rings is 1. The highest BCUT2D eigenvalue weighted by atomic mass is 19.1. The molecule has 0 unspecified atom stereocenters. The zero-order valence-corrected chi connectivity index (χ0v) is 7.55. The van der Waals surface area contributed by atoms with Crippen molar-refractivity contribution in [3.63, 3.8) is 0 Å². The van der Waals surface area contributed by atoms with E-state index in [1.165, 1.54) is 23.2 Å². The highest BCUT2D eigenvalue weighted by Crippen LogP contribution is 2.15. The summed E-state index contributed by atoms with van der Waals surface area (Å²) in [5, 5.41) is 6.90. The number of hydrogen-bond acceptors (Lipinski definition) is 3. The van der Waals surface area contributed by atoms with Crippen LogP contribution in [0.25, 0.3) is 17.0 Å². The third kappa shape index (κ3) is 1.26. The molecule has 5 nitrogen and oxygen atoms in total. The molecule has 0 aliphatic carbocycles. The van der Waals surface area contributed by atoms with Crippen molar-refractivity contribution in [3.05, 3.63) is 36.5 Å². The van der Waals surface area contributed by atoms with Crippen molar-refractivity contribution in [1.82, 2.24) is 24.8 Å². The van der Waals surface area contributed by atoms with Crippen LogP contribution in [0, 0.1) is 5.82 Å². The number of hydrogen-bond donors (Lipinski definition) is 1. The van der Waals surface area contributed by atoms with Gasteiger partial charge < -0.3 is 0 Å². The van der Waals surface area contributed by atoms with Gasteiger partial charge in [0.15, 0.2) is 5.65 Å². The molecular formula is C9H6FN5. The normalized spacial score (nSPS) is 11.0. The van der Waals surface area contributed by atoms with E-state index in [9.17, 15) is 4.39 Å². The molecule has 15 heavy (non-hydrogen) atoms. The highest BCUT2D eigenvalue weighted by Gasteiger charge is 2.05. The van der Waals surface area contributed by atoms with Gasteiger partial charge in [-0.1, -0.05) is 0 Å². The average Bonchev–Trinajstić information content (AvgIpc) is 2.78. The van der Waals surface area contributed by atoms with E-state index in [1.807, 2.05) is 0 Å². The molecule has 3 rings (SSSR count). The second-order valence-corrected chi connectivity index (χ2v) is 3.06. The third-order valence-electron chi connectivity index (χ3n) is 2.08. The second-order valence-electron chi connectivity index (χ2n) is 3.06. The van der Waals surface area contributed by atoms with Gasteiger partial charge in [-0.2, -0.15) is 4.63 Å². The molecule has 0 saturated carbocycles. The van der Waals surface area contributed by atoms with Crippen LogP contribution in [-0.2, 0) is 0 Å². The van der Waals surface area contributed by atoms with Gasteiger partial charge in [0.1, 0.15) is 12.1 Å². The van der Waals surface area contributed by atoms with E-state index in [2.05, 4.69) is 20.2 Å². The SMILES string of the molecule is Fc1ccc(-c2cc3ncnn3[nH]2)nc1. The first kappa shape index (κ1) is 8.10. The van der Waals surface area contributed by atoms with Crippen LogP contribution in [-0.4, -0.2) is 24.8 Å². The van der Waals surface area contributed by atoms with Crippen LogP contribution in [0.3, 0.4) is 0 Å². The largest absolute Gasteiger partial charge is 0.274 e. The fourth-order valence-corrected chi connectivity index (χ4v) is 1.38. The van der Waals surface area contributed by atoms with Crippen molar-refractivity contribution in [3.8, 4) is 11.4 Å². The van der Waals surface area contributed by atoms with Crippen molar-refractivity contribution in [2.75, 3.05) is 0 Å². The minimum atomic E-state index is -0.354. The maximum Gasteiger partial charge on any atom is 0.175 e. The average molecular weight is 203 g/mol. The summed E-state index contributed by atoms with van der Waals surface area (Å²) in [4.78, 5) is 7.95. The summed E-state index contributed by atoms with van der Waals surface area (Å²) >= 11 is 0. The minimum Gasteiger partial charge on any atom is -0.274 e. The zero-order valence-electron chi connectivity index (χ0n) is 7.55. The monoisotopic (exact) mass is 203 g/mol. The first-order chi connectivity index (χ1) is 7.33. The molecule has 0 amide bonds. The number of nitrogens with one attached hydrogen (secondary N) is 1. The Kier molecular flexibility index (Phi) is 1.55. The minimum absolute atomic E-state index is 0.354. The molecule has 0 aliphatic heterocycles. The molecule has 0 fully saturated rings. The van der Waals surface area contributed by atoms with E-state index >= 15 is 0 Å². The Bertz CT molecular complexity index is 566. The van der Waals surface area contributed by atoms with Gasteiger partial charge in [-0.15, -0.1) is 5.10 Å². The van der Waals surface area contributed by atoms with Crippen LogP contribution in [0.5, 0.6) is 0 Å². The topological polar surface area (TPSA) is 58.9 Å². The molecule has 0 spiro atoms. The number of H-pyrrole nitrogens is 1. The Labute approximate surface area is 83.6 Å². The fraction of sp³-hybridized carbons (Fsp3) is 0. The smallest absolute Gasteiger partial charge is 0.175 e. The summed E-state index contributed by atoms with van der Waals surface area (Å²) in [7, 11) is 0. The third-order valence-corrected chi connectivity index (χ3v) is 2.08. The maximum atomic E-state index is 12.6. The summed E-state index contributed by atoms with van der Waals surface area (Å²) < 4.78 is 14.2. The predicted octanol–water partition coefficient (Wildman–Crippen LogP) is 1.26. The summed E-state index contributed by atoms with van der Waals surface area (Å²) in [5.74, 6) is -0.354. The van der Waals surface area contributed by atoms with Gasteiger partial charge in [0.25, 0.3) is 0 Å². The number of halogens is 1. The predicted molar refractivity (Wildman–Crippen MR) is 50.5 cm³/mol. The van der Waals surface area contributed by atoms with Crippen molar-refractivity contribution in [2.24, 2.45) is 0 Å². The van der Waals surface area contributed by atoms with Crippen LogP contribution >= 0.6 is 0 Å². The van der Waals surface area contributed by atoms with Crippen molar-refractivity contribution in [2.45, 2.75) is 0 Å². The van der Waals surface area contributed by atoms with Gasteiger partial charge in [-0.3, -0.25) is 10.1 Å². The summed E-state index contributed by atoms with van der Waals surface area (Å²) in [6, 6.07) is 4.76. The second kappa shape index (κ2) is 2.88. The highest BCUT2D eigenvalue weighted by molar-refractivity contribution is 5.59. The standard InChI is InChI=1S/C9H6FN5/c10-6-1-2-7(11-4-6)8-3-9-12-5-13-15(9)14-8/h1-5,14H. The molecule has 0 radical (unpaired) electrons.